The van der Waals surface area contributed by atoms with Crippen molar-refractivity contribution in [3.8, 4) is 16.2 Å². The van der Waals surface area contributed by atoms with E-state index < -0.39 is 11.7 Å². The summed E-state index contributed by atoms with van der Waals surface area (Å²) in [6.45, 7) is 9.41. The van der Waals surface area contributed by atoms with Gasteiger partial charge in [0.15, 0.2) is 0 Å². The Morgan fingerprint density at radius 1 is 1.18 bits per heavy atom. The minimum atomic E-state index is -0.550. The maximum Gasteiger partial charge on any atom is 0.407 e. The van der Waals surface area contributed by atoms with Crippen molar-refractivity contribution < 1.29 is 19.1 Å². The molecule has 8 heteroatoms. The van der Waals surface area contributed by atoms with Crippen LogP contribution in [0, 0.1) is 6.92 Å². The number of thiazole rings is 1. The highest BCUT2D eigenvalue weighted by Crippen LogP contribution is 2.36. The van der Waals surface area contributed by atoms with Crippen LogP contribution >= 0.6 is 11.3 Å². The number of alkyl carbamates (subject to hydrolysis) is 1. The van der Waals surface area contributed by atoms with E-state index in [1.807, 2.05) is 45.3 Å². The first-order valence-corrected chi connectivity index (χ1v) is 14.1. The number of hydrogen-bond acceptors (Lipinski definition) is 7. The molecule has 1 fully saturated rings. The topological polar surface area (TPSA) is 80.8 Å². The summed E-state index contributed by atoms with van der Waals surface area (Å²) in [7, 11) is 0. The minimum Gasteiger partial charge on any atom is -0.494 e. The van der Waals surface area contributed by atoms with Crippen LogP contribution in [0.5, 0.6) is 5.75 Å². The number of benzene rings is 2. The van der Waals surface area contributed by atoms with Gasteiger partial charge in [-0.25, -0.2) is 9.78 Å². The molecular weight excluding hydrogens is 498 g/mol. The molecule has 1 amide bonds. The number of ether oxygens (including phenoxy) is 2. The van der Waals surface area contributed by atoms with Crippen molar-refractivity contribution in [1.29, 1.82) is 0 Å². The molecule has 1 aliphatic rings. The van der Waals surface area contributed by atoms with E-state index in [2.05, 4.69) is 33.4 Å². The molecule has 1 saturated carbocycles. The van der Waals surface area contributed by atoms with Gasteiger partial charge in [-0.1, -0.05) is 12.1 Å². The molecule has 0 aliphatic heterocycles. The fourth-order valence-corrected chi connectivity index (χ4v) is 5.25. The maximum absolute atomic E-state index is 12.4. The molecule has 1 aliphatic carbocycles. The predicted molar refractivity (Wildman–Crippen MR) is 152 cm³/mol. The average molecular weight is 536 g/mol. The van der Waals surface area contributed by atoms with E-state index in [4.69, 9.17) is 9.47 Å². The third-order valence-electron chi connectivity index (χ3n) is 6.57. The summed E-state index contributed by atoms with van der Waals surface area (Å²) < 4.78 is 11.4. The van der Waals surface area contributed by atoms with Gasteiger partial charge in [0.05, 0.1) is 22.7 Å². The Bertz CT molecular complexity index is 1230. The number of aldehydes is 1. The van der Waals surface area contributed by atoms with Gasteiger partial charge in [-0.3, -0.25) is 4.79 Å². The number of rotatable bonds is 11. The number of aryl methyl sites for hydroxylation is 1. The molecular formula is C30H37N3O4S. The first-order valence-electron chi connectivity index (χ1n) is 13.2. The number of hydrogen-bond donors (Lipinski definition) is 1. The summed E-state index contributed by atoms with van der Waals surface area (Å²) in [6.07, 6.45) is 4.77. The van der Waals surface area contributed by atoms with Crippen molar-refractivity contribution in [3.63, 3.8) is 0 Å². The Balaban J connectivity index is 1.52. The zero-order valence-corrected chi connectivity index (χ0v) is 23.5. The Labute approximate surface area is 229 Å². The quantitative estimate of drug-likeness (QED) is 0.215. The number of nitrogens with zero attached hydrogens (tertiary/aromatic N) is 2. The van der Waals surface area contributed by atoms with Gasteiger partial charge >= 0.3 is 6.09 Å². The van der Waals surface area contributed by atoms with Crippen molar-refractivity contribution in [2.75, 3.05) is 18.1 Å². The van der Waals surface area contributed by atoms with Crippen molar-refractivity contribution in [2.45, 2.75) is 71.6 Å². The molecule has 1 heterocycles. The van der Waals surface area contributed by atoms with Gasteiger partial charge in [0.1, 0.15) is 17.6 Å². The predicted octanol–water partition coefficient (Wildman–Crippen LogP) is 6.78. The molecule has 0 bridgehead atoms. The van der Waals surface area contributed by atoms with Crippen LogP contribution in [-0.2, 0) is 11.3 Å². The number of amides is 1. The fourth-order valence-electron chi connectivity index (χ4n) is 4.45. The van der Waals surface area contributed by atoms with Gasteiger partial charge in [-0.2, -0.15) is 0 Å². The maximum atomic E-state index is 12.4. The van der Waals surface area contributed by atoms with Crippen LogP contribution in [-0.4, -0.2) is 42.2 Å². The monoisotopic (exact) mass is 535 g/mol. The lowest BCUT2D eigenvalue weighted by molar-refractivity contribution is 0.0523. The Hall–Kier alpha value is -3.39. The van der Waals surface area contributed by atoms with Gasteiger partial charge in [0.2, 0.25) is 0 Å². The third-order valence-corrected chi connectivity index (χ3v) is 7.55. The van der Waals surface area contributed by atoms with E-state index in [1.165, 1.54) is 6.42 Å². The molecule has 0 saturated heterocycles. The van der Waals surface area contributed by atoms with Gasteiger partial charge in [0, 0.05) is 30.4 Å². The Morgan fingerprint density at radius 3 is 2.55 bits per heavy atom. The number of anilines is 1. The van der Waals surface area contributed by atoms with Crippen LogP contribution in [0.2, 0.25) is 0 Å². The molecule has 38 heavy (non-hydrogen) atoms. The highest BCUT2D eigenvalue weighted by Gasteiger charge is 2.27. The first kappa shape index (κ1) is 27.6. The summed E-state index contributed by atoms with van der Waals surface area (Å²) >= 11 is 1.64. The van der Waals surface area contributed by atoms with E-state index in [1.54, 1.807) is 23.5 Å². The number of aromatic nitrogens is 1. The largest absolute Gasteiger partial charge is 0.494 e. The summed E-state index contributed by atoms with van der Waals surface area (Å²) in [5, 5.41) is 2.94. The average Bonchev–Trinajstić information content (AvgIpc) is 3.28. The van der Waals surface area contributed by atoms with E-state index in [0.29, 0.717) is 24.8 Å². The fraction of sp³-hybridized carbons (Fsp3) is 0.433. The van der Waals surface area contributed by atoms with Gasteiger partial charge in [0.25, 0.3) is 0 Å². The van der Waals surface area contributed by atoms with Crippen LogP contribution in [0.15, 0.2) is 48.0 Å². The summed E-state index contributed by atoms with van der Waals surface area (Å²) in [5.41, 5.74) is 6.31. The molecule has 1 aromatic heterocycles. The van der Waals surface area contributed by atoms with E-state index >= 15 is 0 Å². The van der Waals surface area contributed by atoms with E-state index in [9.17, 15) is 9.59 Å². The van der Waals surface area contributed by atoms with Crippen LogP contribution < -0.4 is 15.0 Å². The van der Waals surface area contributed by atoms with Gasteiger partial charge in [-0.15, -0.1) is 11.3 Å². The second kappa shape index (κ2) is 12.4. The molecule has 2 aromatic carbocycles. The third kappa shape index (κ3) is 7.34. The normalized spacial score (nSPS) is 13.5. The molecule has 0 radical (unpaired) electrons. The standard InChI is InChI=1S/C30H37N3O4S/c1-21-28(38-20-32-21)23-11-12-24(18-31-29(35)37-30(2,3)4)27(17-23)33(25-7-5-8-25)15-6-16-36-26-13-9-22(19-34)10-14-26/h9-14,17,19-20,25H,5-8,15-16,18H2,1-4H3,(H,31,35). The number of carbonyl (C=O) groups excluding carboxylic acids is 2. The van der Waals surface area contributed by atoms with Crippen molar-refractivity contribution in [3.05, 3.63) is 64.8 Å². The van der Waals surface area contributed by atoms with E-state index in [0.717, 1.165) is 65.2 Å². The zero-order chi connectivity index (χ0) is 27.1. The molecule has 202 valence electrons. The van der Waals surface area contributed by atoms with Crippen LogP contribution in [0.25, 0.3) is 10.4 Å². The van der Waals surface area contributed by atoms with Crippen molar-refractivity contribution in [1.82, 2.24) is 10.3 Å². The van der Waals surface area contributed by atoms with Crippen LogP contribution in [0.1, 0.15) is 68.1 Å². The molecule has 7 nitrogen and oxygen atoms in total. The van der Waals surface area contributed by atoms with Crippen LogP contribution in [0.3, 0.4) is 0 Å². The van der Waals surface area contributed by atoms with Crippen LogP contribution in [0.4, 0.5) is 10.5 Å². The molecule has 3 aromatic rings. The van der Waals surface area contributed by atoms with Gasteiger partial charge < -0.3 is 19.7 Å². The lowest BCUT2D eigenvalue weighted by Gasteiger charge is -2.40. The molecule has 0 atom stereocenters. The molecule has 4 rings (SSSR count). The highest BCUT2D eigenvalue weighted by atomic mass is 32.1. The number of carbonyl (C=O) groups is 2. The molecule has 1 N–H and O–H groups in total. The summed E-state index contributed by atoms with van der Waals surface area (Å²) in [6, 6.07) is 14.1. The Kier molecular flexibility index (Phi) is 9.05. The summed E-state index contributed by atoms with van der Waals surface area (Å²) in [5.74, 6) is 0.760. The van der Waals surface area contributed by atoms with Gasteiger partial charge in [-0.05, 0) is 94.8 Å². The highest BCUT2D eigenvalue weighted by molar-refractivity contribution is 7.13. The first-order chi connectivity index (χ1) is 18.2. The summed E-state index contributed by atoms with van der Waals surface area (Å²) in [4.78, 5) is 31.4. The lowest BCUT2D eigenvalue weighted by Crippen LogP contribution is -2.42. The second-order valence-electron chi connectivity index (χ2n) is 10.6. The van der Waals surface area contributed by atoms with Crippen molar-refractivity contribution >= 4 is 29.4 Å². The van der Waals surface area contributed by atoms with E-state index in [-0.39, 0.29) is 0 Å². The number of nitrogens with one attached hydrogen (secondary N) is 1. The zero-order valence-electron chi connectivity index (χ0n) is 22.7. The smallest absolute Gasteiger partial charge is 0.407 e. The SMILES string of the molecule is Cc1ncsc1-c1ccc(CNC(=O)OC(C)(C)C)c(N(CCCOc2ccc(C=O)cc2)C2CCC2)c1. The van der Waals surface area contributed by atoms with Crippen molar-refractivity contribution in [2.24, 2.45) is 0 Å². The molecule has 0 unspecified atom stereocenters. The Morgan fingerprint density at radius 2 is 1.95 bits per heavy atom. The lowest BCUT2D eigenvalue weighted by atomic mass is 9.90. The minimum absolute atomic E-state index is 0.384. The second-order valence-corrected chi connectivity index (χ2v) is 11.5. The molecule has 0 spiro atoms.